The molecule has 0 radical (unpaired) electrons. The lowest BCUT2D eigenvalue weighted by atomic mass is 9.75. The van der Waals surface area contributed by atoms with Gasteiger partial charge in [0.25, 0.3) is 0 Å². The van der Waals surface area contributed by atoms with E-state index in [0.29, 0.717) is 23.6 Å². The molecule has 7 heteroatoms. The van der Waals surface area contributed by atoms with Gasteiger partial charge in [0.15, 0.2) is 0 Å². The fraction of sp³-hybridized carbons (Fsp3) is 0.476. The number of carbonyl (C=O) groups excluding carboxylic acids is 2. The number of rotatable bonds is 5. The van der Waals surface area contributed by atoms with E-state index in [-0.39, 0.29) is 12.7 Å². The van der Waals surface area contributed by atoms with Gasteiger partial charge in [-0.3, -0.25) is 9.79 Å². The van der Waals surface area contributed by atoms with Gasteiger partial charge < -0.3 is 14.2 Å². The van der Waals surface area contributed by atoms with Crippen molar-refractivity contribution in [2.45, 2.75) is 38.7 Å². The number of halogens is 1. The largest absolute Gasteiger partial charge is 0.468 e. The van der Waals surface area contributed by atoms with Crippen molar-refractivity contribution in [2.75, 3.05) is 20.3 Å². The molecule has 2 heterocycles. The summed E-state index contributed by atoms with van der Waals surface area (Å²) < 4.78 is 17.0. The third-order valence-corrected chi connectivity index (χ3v) is 5.63. The minimum Gasteiger partial charge on any atom is -0.468 e. The first-order chi connectivity index (χ1) is 13.4. The van der Waals surface area contributed by atoms with E-state index in [2.05, 4.69) is 20.9 Å². The van der Waals surface area contributed by atoms with E-state index in [4.69, 9.17) is 14.2 Å². The van der Waals surface area contributed by atoms with Gasteiger partial charge in [-0.1, -0.05) is 28.1 Å². The number of nitrogens with zero attached hydrogens (tertiary/aromatic N) is 1. The highest BCUT2D eigenvalue weighted by Gasteiger charge is 2.42. The molecular weight excluding hydrogens is 426 g/mol. The van der Waals surface area contributed by atoms with E-state index in [1.807, 2.05) is 24.3 Å². The van der Waals surface area contributed by atoms with Gasteiger partial charge in [0.2, 0.25) is 0 Å². The maximum atomic E-state index is 13.0. The summed E-state index contributed by atoms with van der Waals surface area (Å²) in [7, 11) is 1.34. The van der Waals surface area contributed by atoms with Gasteiger partial charge in [-0.2, -0.15) is 0 Å². The second-order valence-corrected chi connectivity index (χ2v) is 7.93. The molecule has 0 amide bonds. The number of allylic oxidation sites excluding steroid dienone is 1. The van der Waals surface area contributed by atoms with E-state index in [1.165, 1.54) is 7.11 Å². The molecule has 0 N–H and O–H groups in total. The third-order valence-electron chi connectivity index (χ3n) is 5.14. The van der Waals surface area contributed by atoms with Crippen LogP contribution in [-0.4, -0.2) is 44.1 Å². The zero-order chi connectivity index (χ0) is 20.3. The van der Waals surface area contributed by atoms with Gasteiger partial charge >= 0.3 is 11.9 Å². The molecule has 150 valence electrons. The van der Waals surface area contributed by atoms with Gasteiger partial charge in [-0.25, -0.2) is 4.79 Å². The maximum absolute atomic E-state index is 13.0. The van der Waals surface area contributed by atoms with Crippen LogP contribution in [0.25, 0.3) is 0 Å². The molecule has 0 spiro atoms. The summed E-state index contributed by atoms with van der Waals surface area (Å²) in [6, 6.07) is 7.57. The smallest absolute Gasteiger partial charge is 0.336 e. The van der Waals surface area contributed by atoms with Gasteiger partial charge in [0.1, 0.15) is 12.5 Å². The number of ether oxygens (including phenoxy) is 3. The molecule has 0 saturated carbocycles. The normalized spacial score (nSPS) is 24.7. The Labute approximate surface area is 173 Å². The van der Waals surface area contributed by atoms with Crippen LogP contribution in [0.1, 0.15) is 38.2 Å². The highest BCUT2D eigenvalue weighted by Crippen LogP contribution is 2.40. The Morgan fingerprint density at radius 2 is 2.11 bits per heavy atom. The number of hydrogen-bond acceptors (Lipinski definition) is 6. The lowest BCUT2D eigenvalue weighted by Gasteiger charge is -2.31. The minimum atomic E-state index is -0.687. The number of carbonyl (C=O) groups is 2. The van der Waals surface area contributed by atoms with Gasteiger partial charge in [-0.15, -0.1) is 0 Å². The fourth-order valence-electron chi connectivity index (χ4n) is 3.82. The third kappa shape index (κ3) is 4.36. The highest BCUT2D eigenvalue weighted by atomic mass is 79.9. The Morgan fingerprint density at radius 1 is 1.32 bits per heavy atom. The number of aliphatic imine (C=N–C) groups is 1. The van der Waals surface area contributed by atoms with Crippen LogP contribution in [0.3, 0.4) is 0 Å². The number of hydrogen-bond donors (Lipinski definition) is 0. The second kappa shape index (κ2) is 9.01. The van der Waals surface area contributed by atoms with E-state index in [0.717, 1.165) is 22.9 Å². The minimum absolute atomic E-state index is 0.0700. The molecule has 1 aromatic carbocycles. The Kier molecular flexibility index (Phi) is 6.67. The van der Waals surface area contributed by atoms with Crippen LogP contribution in [0.5, 0.6) is 0 Å². The standard InChI is InChI=1S/C21H24BrNO5/c1-12-17(20(24)26-3)19(14-6-4-7-15(22)10-14)18(13(2)23-12)21(25)28-11-16-8-5-9-27-16/h4,6-7,10,16-17,19H,5,8-9,11H2,1-3H3. The van der Waals surface area contributed by atoms with Crippen LogP contribution in [0.2, 0.25) is 0 Å². The second-order valence-electron chi connectivity index (χ2n) is 7.02. The SMILES string of the molecule is COC(=O)C1C(C)=NC(C)=C(C(=O)OCC2CCCO2)C1c1cccc(Br)c1. The van der Waals surface area contributed by atoms with Gasteiger partial charge in [0, 0.05) is 28.4 Å². The summed E-state index contributed by atoms with van der Waals surface area (Å²) >= 11 is 3.47. The van der Waals surface area contributed by atoms with Crippen molar-refractivity contribution in [1.29, 1.82) is 0 Å². The zero-order valence-corrected chi connectivity index (χ0v) is 17.8. The van der Waals surface area contributed by atoms with Crippen LogP contribution in [0.15, 0.2) is 45.0 Å². The Morgan fingerprint density at radius 3 is 2.75 bits per heavy atom. The highest BCUT2D eigenvalue weighted by molar-refractivity contribution is 9.10. The summed E-state index contributed by atoms with van der Waals surface area (Å²) in [6.07, 6.45) is 1.78. The first-order valence-electron chi connectivity index (χ1n) is 9.30. The van der Waals surface area contributed by atoms with Crippen molar-refractivity contribution in [3.63, 3.8) is 0 Å². The van der Waals surface area contributed by atoms with Crippen LogP contribution >= 0.6 is 15.9 Å². The molecule has 2 aliphatic heterocycles. The van der Waals surface area contributed by atoms with Crippen LogP contribution in [0.4, 0.5) is 0 Å². The average molecular weight is 450 g/mol. The zero-order valence-electron chi connectivity index (χ0n) is 16.2. The first-order valence-corrected chi connectivity index (χ1v) is 10.1. The molecule has 1 aromatic rings. The summed E-state index contributed by atoms with van der Waals surface area (Å²) in [4.78, 5) is 30.1. The molecule has 0 aromatic heterocycles. The quantitative estimate of drug-likeness (QED) is 0.639. The van der Waals surface area contributed by atoms with E-state index >= 15 is 0 Å². The maximum Gasteiger partial charge on any atom is 0.336 e. The van der Waals surface area contributed by atoms with Crippen LogP contribution in [-0.2, 0) is 23.8 Å². The molecule has 2 aliphatic rings. The van der Waals surface area contributed by atoms with Crippen LogP contribution in [0, 0.1) is 5.92 Å². The molecule has 6 nitrogen and oxygen atoms in total. The summed E-state index contributed by atoms with van der Waals surface area (Å²) in [5.74, 6) is -2.11. The summed E-state index contributed by atoms with van der Waals surface area (Å²) in [6.45, 7) is 4.44. The Hall–Kier alpha value is -1.99. The van der Waals surface area contributed by atoms with E-state index in [1.54, 1.807) is 13.8 Å². The number of esters is 2. The fourth-order valence-corrected chi connectivity index (χ4v) is 4.23. The lowest BCUT2D eigenvalue weighted by Crippen LogP contribution is -2.36. The van der Waals surface area contributed by atoms with E-state index in [9.17, 15) is 9.59 Å². The molecule has 3 atom stereocenters. The van der Waals surface area contributed by atoms with Crippen molar-refractivity contribution in [3.8, 4) is 0 Å². The molecule has 1 saturated heterocycles. The van der Waals surface area contributed by atoms with E-state index < -0.39 is 23.8 Å². The Bertz CT molecular complexity index is 826. The van der Waals surface area contributed by atoms with Crippen molar-refractivity contribution < 1.29 is 23.8 Å². The molecule has 1 fully saturated rings. The summed E-state index contributed by atoms with van der Waals surface area (Å²) in [5, 5.41) is 0. The molecule has 3 rings (SSSR count). The van der Waals surface area contributed by atoms with Gasteiger partial charge in [-0.05, 0) is 44.4 Å². The molecule has 3 unspecified atom stereocenters. The number of benzene rings is 1. The van der Waals surface area contributed by atoms with Gasteiger partial charge in [0.05, 0.1) is 18.8 Å². The topological polar surface area (TPSA) is 74.2 Å². The lowest BCUT2D eigenvalue weighted by molar-refractivity contribution is -0.144. The first kappa shape index (κ1) is 20.7. The van der Waals surface area contributed by atoms with Crippen molar-refractivity contribution >= 4 is 33.6 Å². The molecule has 0 bridgehead atoms. The van der Waals surface area contributed by atoms with Crippen molar-refractivity contribution in [2.24, 2.45) is 10.9 Å². The number of methoxy groups -OCH3 is 1. The predicted octanol–water partition coefficient (Wildman–Crippen LogP) is 3.79. The molecule has 28 heavy (non-hydrogen) atoms. The summed E-state index contributed by atoms with van der Waals surface area (Å²) in [5.41, 5.74) is 2.38. The van der Waals surface area contributed by atoms with Crippen molar-refractivity contribution in [1.82, 2.24) is 0 Å². The molecule has 0 aliphatic carbocycles. The molecular formula is C21H24BrNO5. The van der Waals surface area contributed by atoms with Crippen LogP contribution < -0.4 is 0 Å². The Balaban J connectivity index is 1.98. The monoisotopic (exact) mass is 449 g/mol. The predicted molar refractivity (Wildman–Crippen MR) is 108 cm³/mol. The average Bonchev–Trinajstić information content (AvgIpc) is 3.18. The van der Waals surface area contributed by atoms with Crippen molar-refractivity contribution in [3.05, 3.63) is 45.6 Å².